The van der Waals surface area contributed by atoms with Gasteiger partial charge in [-0.3, -0.25) is 9.36 Å². The molecule has 5 nitrogen and oxygen atoms in total. The molecule has 1 amide bonds. The fourth-order valence-corrected chi connectivity index (χ4v) is 3.93. The Morgan fingerprint density at radius 3 is 2.96 bits per heavy atom. The average molecular weight is 336 g/mol. The van der Waals surface area contributed by atoms with Crippen molar-refractivity contribution in [2.45, 2.75) is 17.4 Å². The molecule has 4 rings (SSSR count). The Morgan fingerprint density at radius 1 is 1.25 bits per heavy atom. The maximum absolute atomic E-state index is 12.5. The lowest BCUT2D eigenvalue weighted by Crippen LogP contribution is -2.30. The summed E-state index contributed by atoms with van der Waals surface area (Å²) in [5, 5.41) is 3.13. The molecule has 0 saturated heterocycles. The molecule has 24 heavy (non-hydrogen) atoms. The third kappa shape index (κ3) is 2.92. The first-order valence-electron chi connectivity index (χ1n) is 7.78. The van der Waals surface area contributed by atoms with Gasteiger partial charge in [0.2, 0.25) is 0 Å². The van der Waals surface area contributed by atoms with E-state index < -0.39 is 0 Å². The number of benzene rings is 1. The van der Waals surface area contributed by atoms with Gasteiger partial charge in [0.1, 0.15) is 12.1 Å². The first kappa shape index (κ1) is 15.0. The maximum atomic E-state index is 12.5. The number of imidazole rings is 1. The molecule has 0 unspecified atom stereocenters. The van der Waals surface area contributed by atoms with Crippen molar-refractivity contribution in [1.29, 1.82) is 0 Å². The van der Waals surface area contributed by atoms with Crippen molar-refractivity contribution in [3.8, 4) is 5.82 Å². The lowest BCUT2D eigenvalue weighted by molar-refractivity contribution is 0.0934. The van der Waals surface area contributed by atoms with Crippen molar-refractivity contribution in [1.82, 2.24) is 19.9 Å². The Bertz CT molecular complexity index is 846. The molecule has 1 N–H and O–H groups in total. The molecule has 1 aromatic carbocycles. The van der Waals surface area contributed by atoms with Gasteiger partial charge in [-0.2, -0.15) is 0 Å². The number of carbonyl (C=O) groups excluding carboxylic acids is 1. The van der Waals surface area contributed by atoms with Gasteiger partial charge in [-0.25, -0.2) is 9.97 Å². The van der Waals surface area contributed by atoms with Gasteiger partial charge in [-0.05, 0) is 30.2 Å². The Balaban J connectivity index is 1.51. The molecule has 3 heterocycles. The molecule has 1 atom stereocenters. The normalized spacial score (nSPS) is 16.4. The predicted octanol–water partition coefficient (Wildman–Crippen LogP) is 3.23. The second kappa shape index (κ2) is 6.49. The molecule has 0 bridgehead atoms. The molecule has 6 heteroatoms. The molecule has 2 aromatic heterocycles. The van der Waals surface area contributed by atoms with E-state index in [1.54, 1.807) is 29.4 Å². The number of nitrogens with one attached hydrogen (secondary N) is 1. The predicted molar refractivity (Wildman–Crippen MR) is 93.3 cm³/mol. The van der Waals surface area contributed by atoms with Crippen LogP contribution in [0.2, 0.25) is 0 Å². The molecule has 0 saturated carbocycles. The molecular formula is C18H16N4OS. The Morgan fingerprint density at radius 2 is 2.17 bits per heavy atom. The Kier molecular flexibility index (Phi) is 4.04. The van der Waals surface area contributed by atoms with Gasteiger partial charge in [0.25, 0.3) is 5.91 Å². The van der Waals surface area contributed by atoms with Crippen molar-refractivity contribution in [3.05, 3.63) is 72.4 Å². The molecule has 3 aromatic rings. The largest absolute Gasteiger partial charge is 0.345 e. The number of pyridine rings is 1. The lowest BCUT2D eigenvalue weighted by atomic mass is 10.0. The van der Waals surface area contributed by atoms with Gasteiger partial charge in [0.15, 0.2) is 0 Å². The number of aromatic nitrogens is 3. The number of carbonyl (C=O) groups is 1. The van der Waals surface area contributed by atoms with Gasteiger partial charge < -0.3 is 5.32 Å². The van der Waals surface area contributed by atoms with Crippen LogP contribution >= 0.6 is 11.8 Å². The van der Waals surface area contributed by atoms with Crippen LogP contribution in [-0.4, -0.2) is 26.2 Å². The van der Waals surface area contributed by atoms with Crippen LogP contribution in [0.4, 0.5) is 0 Å². The van der Waals surface area contributed by atoms with Gasteiger partial charge in [0.05, 0.1) is 11.6 Å². The summed E-state index contributed by atoms with van der Waals surface area (Å²) in [4.78, 5) is 22.1. The van der Waals surface area contributed by atoms with E-state index in [0.717, 1.165) is 18.0 Å². The molecule has 0 aliphatic carbocycles. The highest BCUT2D eigenvalue weighted by molar-refractivity contribution is 7.99. The van der Waals surface area contributed by atoms with Crippen LogP contribution in [-0.2, 0) is 0 Å². The number of hydrogen-bond acceptors (Lipinski definition) is 4. The van der Waals surface area contributed by atoms with Crippen LogP contribution in [0.5, 0.6) is 0 Å². The minimum Gasteiger partial charge on any atom is -0.345 e. The second-order valence-corrected chi connectivity index (χ2v) is 6.71. The van der Waals surface area contributed by atoms with Crippen molar-refractivity contribution in [2.75, 3.05) is 5.75 Å². The first-order chi connectivity index (χ1) is 11.8. The summed E-state index contributed by atoms with van der Waals surface area (Å²) < 4.78 is 1.80. The van der Waals surface area contributed by atoms with Crippen LogP contribution in [0.3, 0.4) is 0 Å². The highest BCUT2D eigenvalue weighted by Crippen LogP contribution is 2.35. The summed E-state index contributed by atoms with van der Waals surface area (Å²) in [6, 6.07) is 11.9. The van der Waals surface area contributed by atoms with E-state index in [9.17, 15) is 4.79 Å². The summed E-state index contributed by atoms with van der Waals surface area (Å²) in [6.45, 7) is 0. The van der Waals surface area contributed by atoms with Crippen molar-refractivity contribution in [2.24, 2.45) is 0 Å². The van der Waals surface area contributed by atoms with E-state index in [4.69, 9.17) is 0 Å². The monoisotopic (exact) mass is 336 g/mol. The quantitative estimate of drug-likeness (QED) is 0.798. The number of amides is 1. The molecule has 0 radical (unpaired) electrons. The molecule has 1 aliphatic rings. The number of fused-ring (bicyclic) bond motifs is 1. The van der Waals surface area contributed by atoms with Crippen molar-refractivity contribution < 1.29 is 4.79 Å². The van der Waals surface area contributed by atoms with Gasteiger partial charge in [-0.1, -0.05) is 18.2 Å². The van der Waals surface area contributed by atoms with E-state index in [0.29, 0.717) is 5.56 Å². The van der Waals surface area contributed by atoms with Crippen LogP contribution in [0, 0.1) is 0 Å². The standard InChI is InChI=1S/C18H16N4OS/c23-18(13-5-6-17(20-11-13)22-9-8-19-12-22)21-15-7-10-24-16-4-2-1-3-14(15)16/h1-6,8-9,11-12,15H,7,10H2,(H,21,23)/t15-/m1/s1. The SMILES string of the molecule is O=C(N[C@@H]1CCSc2ccccc21)c1ccc(-n2ccnc2)nc1. The zero-order valence-corrected chi connectivity index (χ0v) is 13.7. The van der Waals surface area contributed by atoms with Crippen molar-refractivity contribution in [3.63, 3.8) is 0 Å². The van der Waals surface area contributed by atoms with E-state index in [-0.39, 0.29) is 11.9 Å². The third-order valence-corrected chi connectivity index (χ3v) is 5.17. The Labute approximate surface area is 144 Å². The third-order valence-electron chi connectivity index (χ3n) is 4.04. The van der Waals surface area contributed by atoms with Gasteiger partial charge in [-0.15, -0.1) is 11.8 Å². The van der Waals surface area contributed by atoms with Crippen molar-refractivity contribution >= 4 is 17.7 Å². The zero-order valence-electron chi connectivity index (χ0n) is 12.9. The fourth-order valence-electron chi connectivity index (χ4n) is 2.80. The van der Waals surface area contributed by atoms with E-state index >= 15 is 0 Å². The van der Waals surface area contributed by atoms with E-state index in [2.05, 4.69) is 27.4 Å². The topological polar surface area (TPSA) is 59.8 Å². The number of nitrogens with zero attached hydrogens (tertiary/aromatic N) is 3. The smallest absolute Gasteiger partial charge is 0.253 e. The molecule has 120 valence electrons. The molecule has 0 fully saturated rings. The highest BCUT2D eigenvalue weighted by Gasteiger charge is 2.22. The van der Waals surface area contributed by atoms with E-state index in [1.165, 1.54) is 10.5 Å². The second-order valence-electron chi connectivity index (χ2n) is 5.58. The molecular weight excluding hydrogens is 320 g/mol. The minimum absolute atomic E-state index is 0.0586. The summed E-state index contributed by atoms with van der Waals surface area (Å²) in [5.41, 5.74) is 1.76. The molecule has 0 spiro atoms. The first-order valence-corrected chi connectivity index (χ1v) is 8.77. The summed E-state index contributed by atoms with van der Waals surface area (Å²) >= 11 is 1.84. The fraction of sp³-hybridized carbons (Fsp3) is 0.167. The lowest BCUT2D eigenvalue weighted by Gasteiger charge is -2.25. The maximum Gasteiger partial charge on any atom is 0.253 e. The summed E-state index contributed by atoms with van der Waals surface area (Å²) in [7, 11) is 0. The number of hydrogen-bond donors (Lipinski definition) is 1. The van der Waals surface area contributed by atoms with Crippen LogP contribution in [0.25, 0.3) is 5.82 Å². The van der Waals surface area contributed by atoms with Crippen LogP contribution in [0.1, 0.15) is 28.4 Å². The Hall–Kier alpha value is -2.60. The molecule has 1 aliphatic heterocycles. The number of rotatable bonds is 3. The van der Waals surface area contributed by atoms with Crippen LogP contribution < -0.4 is 5.32 Å². The minimum atomic E-state index is -0.0913. The average Bonchev–Trinajstić information content (AvgIpc) is 3.17. The number of thioether (sulfide) groups is 1. The summed E-state index contributed by atoms with van der Waals surface area (Å²) in [5.74, 6) is 1.66. The summed E-state index contributed by atoms with van der Waals surface area (Å²) in [6.07, 6.45) is 7.74. The van der Waals surface area contributed by atoms with Gasteiger partial charge in [0, 0.05) is 29.2 Å². The zero-order chi connectivity index (χ0) is 16.4. The van der Waals surface area contributed by atoms with Crippen LogP contribution in [0.15, 0.2) is 66.2 Å². The van der Waals surface area contributed by atoms with E-state index in [1.807, 2.05) is 36.2 Å². The van der Waals surface area contributed by atoms with Gasteiger partial charge >= 0.3 is 0 Å². The highest BCUT2D eigenvalue weighted by atomic mass is 32.2.